The summed E-state index contributed by atoms with van der Waals surface area (Å²) in [7, 11) is 0. The third-order valence-electron chi connectivity index (χ3n) is 4.22. The predicted octanol–water partition coefficient (Wildman–Crippen LogP) is 5.04. The second-order valence-electron chi connectivity index (χ2n) is 6.04. The van der Waals surface area contributed by atoms with E-state index in [0.29, 0.717) is 17.7 Å². The molecule has 1 aromatic heterocycles. The average molecular weight is 339 g/mol. The van der Waals surface area contributed by atoms with Gasteiger partial charge in [-0.3, -0.25) is 9.78 Å². The van der Waals surface area contributed by atoms with Crippen molar-refractivity contribution >= 4 is 16.7 Å². The van der Waals surface area contributed by atoms with Crippen molar-refractivity contribution in [1.29, 1.82) is 0 Å². The minimum absolute atomic E-state index is 0.0436. The molecule has 0 aliphatic heterocycles. The van der Waals surface area contributed by atoms with Gasteiger partial charge in [-0.05, 0) is 42.0 Å². The number of hydrogen-bond acceptors (Lipinski definition) is 3. The molecule has 1 heterocycles. The van der Waals surface area contributed by atoms with Gasteiger partial charge < -0.3 is 4.74 Å². The first-order chi connectivity index (χ1) is 12.8. The molecule has 0 fully saturated rings. The molecular formula is C23H17NO2. The van der Waals surface area contributed by atoms with Gasteiger partial charge in [-0.25, -0.2) is 0 Å². The smallest absolute Gasteiger partial charge is 0.194 e. The number of ketones is 1. The summed E-state index contributed by atoms with van der Waals surface area (Å²) in [6.45, 7) is 0.503. The lowest BCUT2D eigenvalue weighted by molar-refractivity contribution is 0.103. The van der Waals surface area contributed by atoms with E-state index in [4.69, 9.17) is 4.74 Å². The Morgan fingerprint density at radius 1 is 0.808 bits per heavy atom. The molecule has 26 heavy (non-hydrogen) atoms. The average Bonchev–Trinajstić information content (AvgIpc) is 2.72. The number of ether oxygens (including phenoxy) is 1. The third kappa shape index (κ3) is 3.47. The summed E-state index contributed by atoms with van der Waals surface area (Å²) in [5.41, 5.74) is 3.19. The number of benzene rings is 3. The van der Waals surface area contributed by atoms with Gasteiger partial charge in [0.05, 0.1) is 5.52 Å². The minimum atomic E-state index is -0.0436. The molecule has 0 aliphatic carbocycles. The summed E-state index contributed by atoms with van der Waals surface area (Å²) in [6, 6.07) is 26.9. The zero-order chi connectivity index (χ0) is 17.8. The van der Waals surface area contributed by atoms with Gasteiger partial charge in [0.2, 0.25) is 0 Å². The molecule has 0 radical (unpaired) electrons. The first-order valence-corrected chi connectivity index (χ1v) is 8.46. The number of aromatic nitrogens is 1. The summed E-state index contributed by atoms with van der Waals surface area (Å²) in [6.07, 6.45) is 1.63. The van der Waals surface area contributed by atoms with Gasteiger partial charge >= 0.3 is 0 Å². The molecule has 126 valence electrons. The SMILES string of the molecule is O=C(c1ccc(OCc2ccccc2)cc1)c1cnc2ccccc2c1. The predicted molar refractivity (Wildman–Crippen MR) is 102 cm³/mol. The van der Waals surface area contributed by atoms with Crippen LogP contribution in [0.2, 0.25) is 0 Å². The van der Waals surface area contributed by atoms with Crippen molar-refractivity contribution in [2.24, 2.45) is 0 Å². The summed E-state index contributed by atoms with van der Waals surface area (Å²) < 4.78 is 5.77. The first kappa shape index (κ1) is 16.0. The molecule has 0 spiro atoms. The Labute approximate surface area is 151 Å². The Morgan fingerprint density at radius 2 is 1.54 bits per heavy atom. The number of para-hydroxylation sites is 1. The van der Waals surface area contributed by atoms with E-state index >= 15 is 0 Å². The van der Waals surface area contributed by atoms with Crippen LogP contribution in [0.5, 0.6) is 5.75 Å². The second-order valence-corrected chi connectivity index (χ2v) is 6.04. The molecule has 0 amide bonds. The van der Waals surface area contributed by atoms with Crippen molar-refractivity contribution in [3.63, 3.8) is 0 Å². The topological polar surface area (TPSA) is 39.2 Å². The first-order valence-electron chi connectivity index (χ1n) is 8.46. The van der Waals surface area contributed by atoms with Gasteiger partial charge in [0.25, 0.3) is 0 Å². The fourth-order valence-corrected chi connectivity index (χ4v) is 2.81. The molecule has 0 saturated heterocycles. The molecule has 4 rings (SSSR count). The Bertz CT molecular complexity index is 1040. The van der Waals surface area contributed by atoms with Crippen LogP contribution < -0.4 is 4.74 Å². The summed E-state index contributed by atoms with van der Waals surface area (Å²) in [5, 5.41) is 0.959. The fourth-order valence-electron chi connectivity index (χ4n) is 2.81. The molecular weight excluding hydrogens is 322 g/mol. The lowest BCUT2D eigenvalue weighted by atomic mass is 10.0. The number of rotatable bonds is 5. The highest BCUT2D eigenvalue weighted by Gasteiger charge is 2.10. The van der Waals surface area contributed by atoms with Gasteiger partial charge in [-0.2, -0.15) is 0 Å². The molecule has 0 aliphatic rings. The molecule has 0 N–H and O–H groups in total. The highest BCUT2D eigenvalue weighted by molar-refractivity contribution is 6.10. The van der Waals surface area contributed by atoms with Crippen molar-refractivity contribution in [2.45, 2.75) is 6.61 Å². The molecule has 0 atom stereocenters. The number of pyridine rings is 1. The Balaban J connectivity index is 1.49. The summed E-state index contributed by atoms with van der Waals surface area (Å²) >= 11 is 0. The van der Waals surface area contributed by atoms with E-state index in [9.17, 15) is 4.79 Å². The van der Waals surface area contributed by atoms with Crippen LogP contribution in [0.25, 0.3) is 10.9 Å². The largest absolute Gasteiger partial charge is 0.489 e. The minimum Gasteiger partial charge on any atom is -0.489 e. The fraction of sp³-hybridized carbons (Fsp3) is 0.0435. The van der Waals surface area contributed by atoms with E-state index in [1.165, 1.54) is 0 Å². The van der Waals surface area contributed by atoms with Crippen molar-refractivity contribution in [1.82, 2.24) is 4.98 Å². The van der Waals surface area contributed by atoms with Gasteiger partial charge in [-0.1, -0.05) is 48.5 Å². The van der Waals surface area contributed by atoms with Crippen molar-refractivity contribution < 1.29 is 9.53 Å². The van der Waals surface area contributed by atoms with E-state index in [2.05, 4.69) is 4.98 Å². The molecule has 0 unspecified atom stereocenters. The Kier molecular flexibility index (Phi) is 4.44. The maximum atomic E-state index is 12.7. The number of carbonyl (C=O) groups excluding carboxylic acids is 1. The lowest BCUT2D eigenvalue weighted by Crippen LogP contribution is -2.02. The van der Waals surface area contributed by atoms with Gasteiger partial charge in [0, 0.05) is 22.7 Å². The summed E-state index contributed by atoms with van der Waals surface area (Å²) in [4.78, 5) is 17.1. The molecule has 0 bridgehead atoms. The quantitative estimate of drug-likeness (QED) is 0.478. The van der Waals surface area contributed by atoms with Crippen LogP contribution >= 0.6 is 0 Å². The van der Waals surface area contributed by atoms with Crippen LogP contribution in [0, 0.1) is 0 Å². The lowest BCUT2D eigenvalue weighted by Gasteiger charge is -2.07. The standard InChI is InChI=1S/C23H17NO2/c25-23(20-14-19-8-4-5-9-22(19)24-15-20)18-10-12-21(13-11-18)26-16-17-6-2-1-3-7-17/h1-15H,16H2. The van der Waals surface area contributed by atoms with Crippen molar-refractivity contribution in [2.75, 3.05) is 0 Å². The molecule has 4 aromatic rings. The van der Waals surface area contributed by atoms with Crippen LogP contribution in [0.1, 0.15) is 21.5 Å². The number of fused-ring (bicyclic) bond motifs is 1. The van der Waals surface area contributed by atoms with Crippen molar-refractivity contribution in [3.8, 4) is 5.75 Å². The third-order valence-corrected chi connectivity index (χ3v) is 4.22. The van der Waals surface area contributed by atoms with E-state index in [0.717, 1.165) is 22.2 Å². The highest BCUT2D eigenvalue weighted by atomic mass is 16.5. The monoisotopic (exact) mass is 339 g/mol. The molecule has 3 nitrogen and oxygen atoms in total. The van der Waals surface area contributed by atoms with Crippen LogP contribution in [0.4, 0.5) is 0 Å². The zero-order valence-corrected chi connectivity index (χ0v) is 14.1. The van der Waals surface area contributed by atoms with E-state index < -0.39 is 0 Å². The van der Waals surface area contributed by atoms with Crippen molar-refractivity contribution in [3.05, 3.63) is 108 Å². The van der Waals surface area contributed by atoms with Gasteiger partial charge in [-0.15, -0.1) is 0 Å². The Hall–Kier alpha value is -3.46. The van der Waals surface area contributed by atoms with E-state index in [1.807, 2.05) is 72.8 Å². The molecule has 0 saturated carbocycles. The van der Waals surface area contributed by atoms with Gasteiger partial charge in [0.15, 0.2) is 5.78 Å². The number of nitrogens with zero attached hydrogens (tertiary/aromatic N) is 1. The van der Waals surface area contributed by atoms with Crippen LogP contribution in [-0.2, 0) is 6.61 Å². The number of carbonyl (C=O) groups is 1. The van der Waals surface area contributed by atoms with Crippen LogP contribution in [0.15, 0.2) is 91.1 Å². The highest BCUT2D eigenvalue weighted by Crippen LogP contribution is 2.19. The maximum absolute atomic E-state index is 12.7. The van der Waals surface area contributed by atoms with Crippen LogP contribution in [0.3, 0.4) is 0 Å². The molecule has 3 aromatic carbocycles. The summed E-state index contributed by atoms with van der Waals surface area (Å²) in [5.74, 6) is 0.694. The van der Waals surface area contributed by atoms with E-state index in [-0.39, 0.29) is 5.78 Å². The number of hydrogen-bond donors (Lipinski definition) is 0. The molecule has 3 heteroatoms. The van der Waals surface area contributed by atoms with E-state index in [1.54, 1.807) is 18.3 Å². The Morgan fingerprint density at radius 3 is 2.35 bits per heavy atom. The second kappa shape index (κ2) is 7.19. The maximum Gasteiger partial charge on any atom is 0.194 e. The van der Waals surface area contributed by atoms with Crippen LogP contribution in [-0.4, -0.2) is 10.8 Å². The zero-order valence-electron chi connectivity index (χ0n) is 14.1. The normalized spacial score (nSPS) is 10.6. The van der Waals surface area contributed by atoms with Gasteiger partial charge in [0.1, 0.15) is 12.4 Å².